The number of benzene rings is 1. The third-order valence-corrected chi connectivity index (χ3v) is 6.43. The van der Waals surface area contributed by atoms with Gasteiger partial charge in [-0.3, -0.25) is 4.79 Å². The van der Waals surface area contributed by atoms with E-state index in [1.807, 2.05) is 4.90 Å². The van der Waals surface area contributed by atoms with Gasteiger partial charge in [-0.2, -0.15) is 0 Å². The van der Waals surface area contributed by atoms with Gasteiger partial charge in [0.1, 0.15) is 11.9 Å². The predicted molar refractivity (Wildman–Crippen MR) is 125 cm³/mol. The Morgan fingerprint density at radius 2 is 2.09 bits per heavy atom. The van der Waals surface area contributed by atoms with Gasteiger partial charge in [0.15, 0.2) is 11.7 Å². The molecule has 2 saturated heterocycles. The largest absolute Gasteiger partial charge is 0.475 e. The fraction of sp³-hybridized carbons (Fsp3) is 0.333. The third kappa shape index (κ3) is 4.65. The SMILES string of the molecule is C=C/C(Br)=C\N=C(C)OC1CC2CCC1N(C(=O)c1cccc(F)c1-c1ncccn1)C2. The third-order valence-electron chi connectivity index (χ3n) is 5.90. The molecule has 1 saturated carbocycles. The summed E-state index contributed by atoms with van der Waals surface area (Å²) in [5, 5.41) is 0. The lowest BCUT2D eigenvalue weighted by Crippen LogP contribution is -2.58. The quantitative estimate of drug-likeness (QED) is 0.325. The predicted octanol–water partition coefficient (Wildman–Crippen LogP) is 5.13. The molecule has 1 aromatic heterocycles. The topological polar surface area (TPSA) is 67.7 Å². The lowest BCUT2D eigenvalue weighted by atomic mass is 9.77. The Morgan fingerprint density at radius 3 is 2.81 bits per heavy atom. The molecule has 3 atom stereocenters. The van der Waals surface area contributed by atoms with Crippen LogP contribution in [0.1, 0.15) is 36.5 Å². The maximum absolute atomic E-state index is 14.8. The smallest absolute Gasteiger partial charge is 0.255 e. The summed E-state index contributed by atoms with van der Waals surface area (Å²) in [6.07, 6.45) is 8.95. The standard InChI is InChI=1S/C24H24BrFN4O2/c1-3-17(25)13-29-15(2)32-21-12-16-8-9-20(21)30(14-16)24(31)18-6-4-7-19(26)22(18)23-27-10-5-11-28-23/h3-7,10-11,13,16,20-21H,1,8-9,12,14H2,2H3/b17-13+,29-15?. The van der Waals surface area contributed by atoms with Crippen molar-refractivity contribution in [2.75, 3.05) is 6.54 Å². The summed E-state index contributed by atoms with van der Waals surface area (Å²) in [5.41, 5.74) is 0.403. The van der Waals surface area contributed by atoms with E-state index in [1.165, 1.54) is 18.5 Å². The number of piperidine rings is 2. The zero-order valence-electron chi connectivity index (χ0n) is 17.7. The van der Waals surface area contributed by atoms with Crippen molar-refractivity contribution in [1.29, 1.82) is 0 Å². The molecule has 0 spiro atoms. The van der Waals surface area contributed by atoms with Crippen LogP contribution in [0.2, 0.25) is 0 Å². The van der Waals surface area contributed by atoms with E-state index in [0.717, 1.165) is 23.7 Å². The van der Waals surface area contributed by atoms with Crippen molar-refractivity contribution in [3.05, 3.63) is 71.4 Å². The number of rotatable bonds is 5. The number of aliphatic imine (C=N–C) groups is 1. The molecule has 32 heavy (non-hydrogen) atoms. The molecule has 1 aromatic carbocycles. The highest BCUT2D eigenvalue weighted by Crippen LogP contribution is 2.38. The summed E-state index contributed by atoms with van der Waals surface area (Å²) in [5.74, 6) is 0.324. The Kier molecular flexibility index (Phi) is 6.79. The number of hydrogen-bond donors (Lipinski definition) is 0. The van der Waals surface area contributed by atoms with Crippen molar-refractivity contribution in [3.8, 4) is 11.4 Å². The van der Waals surface area contributed by atoms with Crippen molar-refractivity contribution in [2.45, 2.75) is 38.3 Å². The number of ether oxygens (including phenoxy) is 1. The summed E-state index contributed by atoms with van der Waals surface area (Å²) in [7, 11) is 0. The normalized spacial score (nSPS) is 23.2. The van der Waals surface area contributed by atoms with Crippen molar-refractivity contribution in [2.24, 2.45) is 10.9 Å². The zero-order valence-corrected chi connectivity index (χ0v) is 19.3. The van der Waals surface area contributed by atoms with E-state index in [0.29, 0.717) is 18.4 Å². The molecule has 2 aliphatic heterocycles. The Balaban J connectivity index is 1.60. The van der Waals surface area contributed by atoms with E-state index in [9.17, 15) is 9.18 Å². The number of carbonyl (C=O) groups excluding carboxylic acids is 1. The highest BCUT2D eigenvalue weighted by molar-refractivity contribution is 9.11. The van der Waals surface area contributed by atoms with E-state index in [4.69, 9.17) is 4.74 Å². The Hall–Kier alpha value is -2.87. The summed E-state index contributed by atoms with van der Waals surface area (Å²) in [4.78, 5) is 28.1. The van der Waals surface area contributed by atoms with Crippen molar-refractivity contribution in [3.63, 3.8) is 0 Å². The number of carbonyl (C=O) groups is 1. The van der Waals surface area contributed by atoms with E-state index in [1.54, 1.807) is 37.4 Å². The number of hydrogen-bond acceptors (Lipinski definition) is 5. The van der Waals surface area contributed by atoms with Crippen LogP contribution in [0.25, 0.3) is 11.4 Å². The minimum atomic E-state index is -0.514. The molecule has 1 aliphatic carbocycles. The number of halogens is 2. The number of nitrogens with zero attached hydrogens (tertiary/aromatic N) is 4. The van der Waals surface area contributed by atoms with Crippen LogP contribution in [0, 0.1) is 11.7 Å². The Morgan fingerprint density at radius 1 is 1.31 bits per heavy atom. The monoisotopic (exact) mass is 498 g/mol. The van der Waals surface area contributed by atoms with Crippen LogP contribution in [0.15, 0.2) is 65.0 Å². The van der Waals surface area contributed by atoms with E-state index in [-0.39, 0.29) is 35.0 Å². The first kappa shape index (κ1) is 22.3. The number of allylic oxidation sites excluding steroid dienone is 2. The number of aromatic nitrogens is 2. The van der Waals surface area contributed by atoms with Gasteiger partial charge >= 0.3 is 0 Å². The average molecular weight is 499 g/mol. The Bertz CT molecular complexity index is 1070. The molecule has 2 aromatic rings. The lowest BCUT2D eigenvalue weighted by Gasteiger charge is -2.49. The number of fused-ring (bicyclic) bond motifs is 3. The maximum atomic E-state index is 14.8. The van der Waals surface area contributed by atoms with Gasteiger partial charge in [0.05, 0.1) is 17.2 Å². The second kappa shape index (κ2) is 9.73. The molecule has 1 amide bonds. The van der Waals surface area contributed by atoms with Crippen molar-refractivity contribution >= 4 is 27.7 Å². The zero-order chi connectivity index (χ0) is 22.7. The molecule has 3 heterocycles. The summed E-state index contributed by atoms with van der Waals surface area (Å²) in [6, 6.07) is 6.07. The van der Waals surface area contributed by atoms with Gasteiger partial charge in [0.2, 0.25) is 0 Å². The van der Waals surface area contributed by atoms with Crippen LogP contribution in [0.3, 0.4) is 0 Å². The van der Waals surface area contributed by atoms with E-state index < -0.39 is 5.82 Å². The van der Waals surface area contributed by atoms with Crippen LogP contribution in [-0.2, 0) is 4.74 Å². The summed E-state index contributed by atoms with van der Waals surface area (Å²) >= 11 is 3.34. The Labute approximate surface area is 195 Å². The highest BCUT2D eigenvalue weighted by Gasteiger charge is 2.45. The maximum Gasteiger partial charge on any atom is 0.255 e. The highest BCUT2D eigenvalue weighted by atomic mass is 79.9. The molecule has 166 valence electrons. The van der Waals surface area contributed by atoms with Crippen LogP contribution < -0.4 is 0 Å². The van der Waals surface area contributed by atoms with Crippen LogP contribution in [0.4, 0.5) is 4.39 Å². The van der Waals surface area contributed by atoms with Crippen LogP contribution >= 0.6 is 15.9 Å². The molecular formula is C24H24BrFN4O2. The first-order chi connectivity index (χ1) is 15.5. The molecule has 3 unspecified atom stereocenters. The molecule has 0 radical (unpaired) electrons. The second-order valence-electron chi connectivity index (χ2n) is 7.96. The van der Waals surface area contributed by atoms with Gasteiger partial charge in [-0.25, -0.2) is 19.4 Å². The van der Waals surface area contributed by atoms with Gasteiger partial charge in [0.25, 0.3) is 5.91 Å². The fourth-order valence-electron chi connectivity index (χ4n) is 4.46. The molecule has 3 fully saturated rings. The fourth-order valence-corrected chi connectivity index (χ4v) is 4.56. The van der Waals surface area contributed by atoms with Gasteiger partial charge in [-0.15, -0.1) is 0 Å². The minimum Gasteiger partial charge on any atom is -0.475 e. The molecule has 0 N–H and O–H groups in total. The number of amides is 1. The van der Waals surface area contributed by atoms with Crippen molar-refractivity contribution < 1.29 is 13.9 Å². The van der Waals surface area contributed by atoms with Gasteiger partial charge in [-0.05, 0) is 59.3 Å². The first-order valence-corrected chi connectivity index (χ1v) is 11.3. The average Bonchev–Trinajstić information content (AvgIpc) is 2.82. The van der Waals surface area contributed by atoms with E-state index in [2.05, 4.69) is 37.5 Å². The van der Waals surface area contributed by atoms with Crippen LogP contribution in [-0.4, -0.2) is 45.4 Å². The molecule has 5 rings (SSSR count). The van der Waals surface area contributed by atoms with Crippen LogP contribution in [0.5, 0.6) is 0 Å². The molecule has 3 aliphatic rings. The van der Waals surface area contributed by atoms with Gasteiger partial charge in [0, 0.05) is 36.5 Å². The summed E-state index contributed by atoms with van der Waals surface area (Å²) in [6.45, 7) is 6.10. The second-order valence-corrected chi connectivity index (χ2v) is 8.88. The molecular weight excluding hydrogens is 475 g/mol. The minimum absolute atomic E-state index is 0.0997. The van der Waals surface area contributed by atoms with Gasteiger partial charge < -0.3 is 9.64 Å². The first-order valence-electron chi connectivity index (χ1n) is 10.5. The lowest BCUT2D eigenvalue weighted by molar-refractivity contribution is -0.0351. The molecule has 6 nitrogen and oxygen atoms in total. The van der Waals surface area contributed by atoms with Gasteiger partial charge in [-0.1, -0.05) is 18.7 Å². The van der Waals surface area contributed by atoms with Crippen molar-refractivity contribution in [1.82, 2.24) is 14.9 Å². The molecule has 2 bridgehead atoms. The summed E-state index contributed by atoms with van der Waals surface area (Å²) < 4.78 is 21.7. The molecule has 8 heteroatoms. The van der Waals surface area contributed by atoms with E-state index >= 15 is 0 Å².